The molecule has 0 unspecified atom stereocenters. The predicted octanol–water partition coefficient (Wildman–Crippen LogP) is 3.61. The van der Waals surface area contributed by atoms with E-state index in [1.807, 2.05) is 0 Å². The number of carbonyl (C=O) groups excluding carboxylic acids is 2. The van der Waals surface area contributed by atoms with Crippen LogP contribution in [0.5, 0.6) is 0 Å². The van der Waals surface area contributed by atoms with Crippen molar-refractivity contribution in [2.45, 2.75) is 12.7 Å². The summed E-state index contributed by atoms with van der Waals surface area (Å²) >= 11 is 0. The predicted molar refractivity (Wildman–Crippen MR) is 97.2 cm³/mol. The van der Waals surface area contributed by atoms with Crippen LogP contribution in [0, 0.1) is 0 Å². The van der Waals surface area contributed by atoms with Gasteiger partial charge in [0.1, 0.15) is 11.5 Å². The summed E-state index contributed by atoms with van der Waals surface area (Å²) in [5.41, 5.74) is -0.788. The van der Waals surface area contributed by atoms with E-state index in [1.165, 1.54) is 36.3 Å². The average Bonchev–Trinajstić information content (AvgIpc) is 3.29. The number of hydrogen-bond acceptors (Lipinski definition) is 4. The Balaban J connectivity index is 1.67. The summed E-state index contributed by atoms with van der Waals surface area (Å²) in [4.78, 5) is 24.6. The molecule has 0 saturated carbocycles. The summed E-state index contributed by atoms with van der Waals surface area (Å²) in [5, 5.41) is 11.3. The highest BCUT2D eigenvalue weighted by molar-refractivity contribution is 6.05. The van der Waals surface area contributed by atoms with Crippen molar-refractivity contribution in [3.8, 4) is 0 Å². The minimum Gasteiger partial charge on any atom is -0.467 e. The molecule has 0 saturated heterocycles. The Bertz CT molecular complexity index is 1010. The van der Waals surface area contributed by atoms with E-state index in [1.54, 1.807) is 12.1 Å². The van der Waals surface area contributed by atoms with E-state index in [0.29, 0.717) is 5.76 Å². The second-order valence-electron chi connectivity index (χ2n) is 5.95. The molecule has 0 atom stereocenters. The van der Waals surface area contributed by atoms with Gasteiger partial charge in [-0.05, 0) is 30.3 Å². The smallest absolute Gasteiger partial charge is 0.416 e. The standard InChI is InChI=1S/C18H16F3N5O3/c1-26-15(16(27)22-9-13-6-3-7-29-13)14(10-23-26)25-17(28)24-12-5-2-4-11(8-12)18(19,20)21/h2-8,10H,9H2,1H3,(H,22,27)(H2,24,25,28). The molecule has 0 bridgehead atoms. The van der Waals surface area contributed by atoms with Crippen molar-refractivity contribution in [2.24, 2.45) is 7.05 Å². The molecule has 2 heterocycles. The molecule has 8 nitrogen and oxygen atoms in total. The van der Waals surface area contributed by atoms with E-state index in [0.717, 1.165) is 12.1 Å². The van der Waals surface area contributed by atoms with Crippen LogP contribution >= 0.6 is 0 Å². The highest BCUT2D eigenvalue weighted by atomic mass is 19.4. The third kappa shape index (κ3) is 4.94. The number of alkyl halides is 3. The van der Waals surface area contributed by atoms with Gasteiger partial charge in [-0.15, -0.1) is 0 Å². The quantitative estimate of drug-likeness (QED) is 0.601. The van der Waals surface area contributed by atoms with Gasteiger partial charge in [0.05, 0.1) is 30.3 Å². The highest BCUT2D eigenvalue weighted by Gasteiger charge is 2.30. The van der Waals surface area contributed by atoms with Gasteiger partial charge >= 0.3 is 12.2 Å². The fraction of sp³-hybridized carbons (Fsp3) is 0.167. The molecule has 29 heavy (non-hydrogen) atoms. The Labute approximate surface area is 162 Å². The molecule has 0 spiro atoms. The number of halogens is 3. The number of nitrogens with zero attached hydrogens (tertiary/aromatic N) is 2. The molecule has 2 aromatic heterocycles. The van der Waals surface area contributed by atoms with Crippen LogP contribution < -0.4 is 16.0 Å². The Kier molecular flexibility index (Phi) is 5.57. The third-order valence-electron chi connectivity index (χ3n) is 3.85. The average molecular weight is 407 g/mol. The molecule has 152 valence electrons. The molecule has 0 aliphatic heterocycles. The number of aryl methyl sites for hydroxylation is 1. The lowest BCUT2D eigenvalue weighted by atomic mass is 10.2. The van der Waals surface area contributed by atoms with Gasteiger partial charge < -0.3 is 20.4 Å². The molecule has 3 amide bonds. The monoisotopic (exact) mass is 407 g/mol. The number of anilines is 2. The lowest BCUT2D eigenvalue weighted by Gasteiger charge is -2.11. The summed E-state index contributed by atoms with van der Waals surface area (Å²) in [5.74, 6) is 0.0214. The molecule has 3 N–H and O–H groups in total. The van der Waals surface area contributed by atoms with Gasteiger partial charge in [0, 0.05) is 12.7 Å². The van der Waals surface area contributed by atoms with Crippen LogP contribution in [0.1, 0.15) is 21.8 Å². The summed E-state index contributed by atoms with van der Waals surface area (Å²) < 4.78 is 44.7. The molecule has 0 aliphatic carbocycles. The largest absolute Gasteiger partial charge is 0.467 e. The first-order valence-electron chi connectivity index (χ1n) is 8.32. The molecule has 3 rings (SSSR count). The summed E-state index contributed by atoms with van der Waals surface area (Å²) in [6.45, 7) is 0.132. The third-order valence-corrected chi connectivity index (χ3v) is 3.85. The van der Waals surface area contributed by atoms with Crippen LogP contribution in [0.25, 0.3) is 0 Å². The fourth-order valence-electron chi connectivity index (χ4n) is 2.52. The summed E-state index contributed by atoms with van der Waals surface area (Å²) in [6, 6.07) is 6.73. The summed E-state index contributed by atoms with van der Waals surface area (Å²) in [7, 11) is 1.51. The minimum absolute atomic E-state index is 0.0509. The lowest BCUT2D eigenvalue weighted by molar-refractivity contribution is -0.137. The number of carbonyl (C=O) groups is 2. The molecule has 1 aromatic carbocycles. The van der Waals surface area contributed by atoms with Crippen LogP contribution in [-0.2, 0) is 19.8 Å². The first kappa shape index (κ1) is 20.0. The van der Waals surface area contributed by atoms with Gasteiger partial charge in [-0.1, -0.05) is 6.07 Å². The zero-order valence-electron chi connectivity index (χ0n) is 15.1. The minimum atomic E-state index is -4.53. The van der Waals surface area contributed by atoms with Crippen LogP contribution in [0.15, 0.2) is 53.3 Å². The van der Waals surface area contributed by atoms with Crippen molar-refractivity contribution in [1.29, 1.82) is 0 Å². The van der Waals surface area contributed by atoms with Crippen molar-refractivity contribution >= 4 is 23.3 Å². The number of furan rings is 1. The van der Waals surface area contributed by atoms with Gasteiger partial charge in [0.15, 0.2) is 0 Å². The maximum absolute atomic E-state index is 12.8. The number of urea groups is 1. The van der Waals surface area contributed by atoms with E-state index in [9.17, 15) is 22.8 Å². The van der Waals surface area contributed by atoms with Crippen molar-refractivity contribution in [2.75, 3.05) is 10.6 Å². The van der Waals surface area contributed by atoms with E-state index in [2.05, 4.69) is 21.0 Å². The maximum atomic E-state index is 12.8. The SMILES string of the molecule is Cn1ncc(NC(=O)Nc2cccc(C(F)(F)F)c2)c1C(=O)NCc1ccco1. The zero-order valence-corrected chi connectivity index (χ0v) is 15.1. The van der Waals surface area contributed by atoms with Crippen molar-refractivity contribution in [3.05, 3.63) is 65.9 Å². The molecule has 0 radical (unpaired) electrons. The topological polar surface area (TPSA) is 101 Å². The van der Waals surface area contributed by atoms with E-state index < -0.39 is 23.7 Å². The first-order valence-corrected chi connectivity index (χ1v) is 8.32. The second-order valence-corrected chi connectivity index (χ2v) is 5.95. The number of rotatable bonds is 5. The van der Waals surface area contributed by atoms with Crippen molar-refractivity contribution in [1.82, 2.24) is 15.1 Å². The second kappa shape index (κ2) is 8.09. The molecule has 0 fully saturated rings. The molecular formula is C18H16F3N5O3. The van der Waals surface area contributed by atoms with Crippen LogP contribution in [-0.4, -0.2) is 21.7 Å². The Hall–Kier alpha value is -3.76. The number of amides is 3. The number of nitrogens with one attached hydrogen (secondary N) is 3. The highest BCUT2D eigenvalue weighted by Crippen LogP contribution is 2.30. The number of aromatic nitrogens is 2. The van der Waals surface area contributed by atoms with Gasteiger partial charge in [-0.3, -0.25) is 9.48 Å². The van der Waals surface area contributed by atoms with Crippen LogP contribution in [0.3, 0.4) is 0 Å². The Morgan fingerprint density at radius 1 is 1.17 bits per heavy atom. The molecule has 3 aromatic rings. The van der Waals surface area contributed by atoms with Crippen LogP contribution in [0.4, 0.5) is 29.3 Å². The molecule has 0 aliphatic rings. The Morgan fingerprint density at radius 3 is 2.66 bits per heavy atom. The summed E-state index contributed by atoms with van der Waals surface area (Å²) in [6.07, 6.45) is -1.80. The van der Waals surface area contributed by atoms with Crippen LogP contribution in [0.2, 0.25) is 0 Å². The maximum Gasteiger partial charge on any atom is 0.416 e. The number of hydrogen-bond donors (Lipinski definition) is 3. The number of benzene rings is 1. The first-order chi connectivity index (χ1) is 13.7. The van der Waals surface area contributed by atoms with Gasteiger partial charge in [-0.25, -0.2) is 4.79 Å². The lowest BCUT2D eigenvalue weighted by Crippen LogP contribution is -2.27. The fourth-order valence-corrected chi connectivity index (χ4v) is 2.52. The van der Waals surface area contributed by atoms with E-state index in [-0.39, 0.29) is 23.6 Å². The van der Waals surface area contributed by atoms with Gasteiger partial charge in [0.25, 0.3) is 5.91 Å². The molecular weight excluding hydrogens is 391 g/mol. The normalized spacial score (nSPS) is 11.2. The van der Waals surface area contributed by atoms with Gasteiger partial charge in [-0.2, -0.15) is 18.3 Å². The van der Waals surface area contributed by atoms with Crippen molar-refractivity contribution in [3.63, 3.8) is 0 Å². The van der Waals surface area contributed by atoms with Crippen molar-refractivity contribution < 1.29 is 27.2 Å². The molecule has 11 heteroatoms. The van der Waals surface area contributed by atoms with E-state index >= 15 is 0 Å². The van der Waals surface area contributed by atoms with Gasteiger partial charge in [0.2, 0.25) is 0 Å². The zero-order chi connectivity index (χ0) is 21.0. The Morgan fingerprint density at radius 2 is 1.97 bits per heavy atom. The van der Waals surface area contributed by atoms with E-state index in [4.69, 9.17) is 4.42 Å².